The first kappa shape index (κ1) is 18.8. The van der Waals surface area contributed by atoms with Crippen LogP contribution in [0.25, 0.3) is 0 Å². The van der Waals surface area contributed by atoms with Crippen LogP contribution in [0, 0.1) is 13.8 Å². The van der Waals surface area contributed by atoms with Gasteiger partial charge in [0.25, 0.3) is 5.91 Å². The van der Waals surface area contributed by atoms with Gasteiger partial charge in [0.2, 0.25) is 0 Å². The number of rotatable bonds is 6. The number of esters is 1. The third-order valence-electron chi connectivity index (χ3n) is 3.87. The van der Waals surface area contributed by atoms with E-state index >= 15 is 0 Å². The lowest BCUT2D eigenvalue weighted by molar-refractivity contribution is -0.144. The lowest BCUT2D eigenvalue weighted by Crippen LogP contribution is -2.22. The van der Waals surface area contributed by atoms with E-state index in [0.717, 1.165) is 11.1 Å². The molecule has 1 N–H and O–H groups in total. The van der Waals surface area contributed by atoms with Gasteiger partial charge in [0.15, 0.2) is 16.4 Å². The summed E-state index contributed by atoms with van der Waals surface area (Å²) in [6.45, 7) is 3.50. The fraction of sp³-hybridized carbons (Fsp3) is 0.500. The van der Waals surface area contributed by atoms with Crippen molar-refractivity contribution in [2.24, 2.45) is 0 Å². The molecule has 1 amide bonds. The standard InChI is InChI=1S/C16H21NO5S2/c1-11-4-3-5-14(12(11)2)17-15(18)8-22-16(19)9-23-13-6-7-24(20,21)10-13/h3-5,13H,6-10H2,1-2H3,(H,17,18)/t13-/m1/s1. The number of sulfone groups is 1. The van der Waals surface area contributed by atoms with Gasteiger partial charge in [0.05, 0.1) is 17.3 Å². The molecule has 0 aromatic heterocycles. The van der Waals surface area contributed by atoms with Gasteiger partial charge in [-0.05, 0) is 37.5 Å². The Hall–Kier alpha value is -1.54. The second-order valence-electron chi connectivity index (χ2n) is 5.79. The molecule has 1 fully saturated rings. The highest BCUT2D eigenvalue weighted by Gasteiger charge is 2.28. The summed E-state index contributed by atoms with van der Waals surface area (Å²) >= 11 is 1.27. The Morgan fingerprint density at radius 2 is 2.08 bits per heavy atom. The third-order valence-corrected chi connectivity index (χ3v) is 7.13. The number of carbonyl (C=O) groups is 2. The molecule has 0 unspecified atom stereocenters. The lowest BCUT2D eigenvalue weighted by atomic mass is 10.1. The van der Waals surface area contributed by atoms with E-state index in [9.17, 15) is 18.0 Å². The predicted octanol–water partition coefficient (Wildman–Crippen LogP) is 1.71. The van der Waals surface area contributed by atoms with Gasteiger partial charge >= 0.3 is 5.97 Å². The van der Waals surface area contributed by atoms with Gasteiger partial charge < -0.3 is 10.1 Å². The number of carbonyl (C=O) groups excluding carboxylic acids is 2. The van der Waals surface area contributed by atoms with Crippen LogP contribution in [-0.2, 0) is 24.2 Å². The zero-order valence-electron chi connectivity index (χ0n) is 13.7. The molecule has 0 radical (unpaired) electrons. The van der Waals surface area contributed by atoms with Crippen LogP contribution in [0.5, 0.6) is 0 Å². The maximum absolute atomic E-state index is 11.9. The number of hydrogen-bond acceptors (Lipinski definition) is 6. The van der Waals surface area contributed by atoms with Crippen LogP contribution in [0.4, 0.5) is 5.69 Å². The Bertz CT molecular complexity index is 730. The smallest absolute Gasteiger partial charge is 0.316 e. The first-order chi connectivity index (χ1) is 11.3. The Morgan fingerprint density at radius 3 is 2.75 bits per heavy atom. The van der Waals surface area contributed by atoms with E-state index in [0.29, 0.717) is 12.1 Å². The van der Waals surface area contributed by atoms with Crippen LogP contribution < -0.4 is 5.32 Å². The number of anilines is 1. The molecule has 0 aliphatic carbocycles. The predicted molar refractivity (Wildman–Crippen MR) is 95.0 cm³/mol. The molecule has 0 bridgehead atoms. The fourth-order valence-electron chi connectivity index (χ4n) is 2.34. The highest BCUT2D eigenvalue weighted by molar-refractivity contribution is 8.02. The van der Waals surface area contributed by atoms with E-state index in [1.807, 2.05) is 26.0 Å². The first-order valence-electron chi connectivity index (χ1n) is 7.60. The minimum Gasteiger partial charge on any atom is -0.455 e. The van der Waals surface area contributed by atoms with Crippen molar-refractivity contribution in [3.8, 4) is 0 Å². The summed E-state index contributed by atoms with van der Waals surface area (Å²) < 4.78 is 27.6. The molecular formula is C16H21NO5S2. The van der Waals surface area contributed by atoms with E-state index in [1.165, 1.54) is 11.8 Å². The molecule has 132 valence electrons. The molecular weight excluding hydrogens is 350 g/mol. The number of aryl methyl sites for hydroxylation is 1. The molecule has 1 aliphatic rings. The van der Waals surface area contributed by atoms with Crippen LogP contribution in [-0.4, -0.2) is 49.4 Å². The average Bonchev–Trinajstić information content (AvgIpc) is 2.87. The quantitative estimate of drug-likeness (QED) is 0.766. The van der Waals surface area contributed by atoms with E-state index < -0.39 is 21.7 Å². The number of ether oxygens (including phenoxy) is 1. The molecule has 2 rings (SSSR count). The van der Waals surface area contributed by atoms with Crippen molar-refractivity contribution in [1.29, 1.82) is 0 Å². The van der Waals surface area contributed by atoms with E-state index in [4.69, 9.17) is 4.74 Å². The van der Waals surface area contributed by atoms with Crippen molar-refractivity contribution in [3.05, 3.63) is 29.3 Å². The summed E-state index contributed by atoms with van der Waals surface area (Å²) in [5.41, 5.74) is 2.73. The van der Waals surface area contributed by atoms with E-state index in [1.54, 1.807) is 6.07 Å². The Kier molecular flexibility index (Phi) is 6.28. The third kappa shape index (κ3) is 5.52. The Balaban J connectivity index is 1.71. The van der Waals surface area contributed by atoms with Crippen molar-refractivity contribution in [1.82, 2.24) is 0 Å². The largest absolute Gasteiger partial charge is 0.455 e. The van der Waals surface area contributed by atoms with Crippen LogP contribution in [0.15, 0.2) is 18.2 Å². The lowest BCUT2D eigenvalue weighted by Gasteiger charge is -2.11. The van der Waals surface area contributed by atoms with Gasteiger partial charge in [-0.25, -0.2) is 8.42 Å². The molecule has 6 nitrogen and oxygen atoms in total. The van der Waals surface area contributed by atoms with Crippen LogP contribution >= 0.6 is 11.8 Å². The summed E-state index contributed by atoms with van der Waals surface area (Å²) in [6.07, 6.45) is 0.563. The Labute approximate surface area is 146 Å². The summed E-state index contributed by atoms with van der Waals surface area (Å²) in [6, 6.07) is 5.58. The monoisotopic (exact) mass is 371 g/mol. The van der Waals surface area contributed by atoms with Gasteiger partial charge in [-0.3, -0.25) is 9.59 Å². The topological polar surface area (TPSA) is 89.5 Å². The van der Waals surface area contributed by atoms with Crippen molar-refractivity contribution in [3.63, 3.8) is 0 Å². The van der Waals surface area contributed by atoms with Gasteiger partial charge in [-0.15, -0.1) is 11.8 Å². The molecule has 8 heteroatoms. The van der Waals surface area contributed by atoms with Crippen LogP contribution in [0.1, 0.15) is 17.5 Å². The summed E-state index contributed by atoms with van der Waals surface area (Å²) in [5, 5.41) is 2.65. The SMILES string of the molecule is Cc1cccc(NC(=O)COC(=O)CS[C@@H]2CCS(=O)(=O)C2)c1C. The second kappa shape index (κ2) is 8.02. The average molecular weight is 371 g/mol. The zero-order valence-corrected chi connectivity index (χ0v) is 15.3. The van der Waals surface area contributed by atoms with Gasteiger partial charge in [0, 0.05) is 10.9 Å². The first-order valence-corrected chi connectivity index (χ1v) is 10.5. The fourth-order valence-corrected chi connectivity index (χ4v) is 5.78. The second-order valence-corrected chi connectivity index (χ2v) is 9.31. The highest BCUT2D eigenvalue weighted by atomic mass is 32.2. The number of benzene rings is 1. The molecule has 1 saturated heterocycles. The molecule has 0 saturated carbocycles. The molecule has 1 heterocycles. The maximum atomic E-state index is 11.9. The van der Waals surface area contributed by atoms with Crippen molar-refractivity contribution in [2.75, 3.05) is 29.2 Å². The van der Waals surface area contributed by atoms with E-state index in [-0.39, 0.29) is 29.1 Å². The number of hydrogen-bond donors (Lipinski definition) is 1. The molecule has 1 aromatic carbocycles. The highest BCUT2D eigenvalue weighted by Crippen LogP contribution is 2.24. The molecule has 1 atom stereocenters. The van der Waals surface area contributed by atoms with Crippen molar-refractivity contribution >= 4 is 39.2 Å². The van der Waals surface area contributed by atoms with Crippen LogP contribution in [0.3, 0.4) is 0 Å². The van der Waals surface area contributed by atoms with Gasteiger partial charge in [0.1, 0.15) is 0 Å². The summed E-state index contributed by atoms with van der Waals surface area (Å²) in [4.78, 5) is 23.5. The minimum absolute atomic E-state index is 0.0525. The van der Waals surface area contributed by atoms with Crippen molar-refractivity contribution in [2.45, 2.75) is 25.5 Å². The van der Waals surface area contributed by atoms with Crippen LogP contribution in [0.2, 0.25) is 0 Å². The molecule has 0 spiro atoms. The van der Waals surface area contributed by atoms with E-state index in [2.05, 4.69) is 5.32 Å². The number of nitrogens with one attached hydrogen (secondary N) is 1. The van der Waals surface area contributed by atoms with Gasteiger partial charge in [-0.2, -0.15) is 0 Å². The summed E-state index contributed by atoms with van der Waals surface area (Å²) in [7, 11) is -2.95. The molecule has 24 heavy (non-hydrogen) atoms. The number of amides is 1. The Morgan fingerprint density at radius 1 is 1.33 bits per heavy atom. The minimum atomic E-state index is -2.95. The summed E-state index contributed by atoms with van der Waals surface area (Å²) in [5.74, 6) is -0.571. The maximum Gasteiger partial charge on any atom is 0.316 e. The zero-order chi connectivity index (χ0) is 17.7. The number of thioether (sulfide) groups is 1. The van der Waals surface area contributed by atoms with Crippen molar-refractivity contribution < 1.29 is 22.7 Å². The normalized spacial score (nSPS) is 19.0. The molecule has 1 aromatic rings. The molecule has 1 aliphatic heterocycles. The van der Waals surface area contributed by atoms with Gasteiger partial charge in [-0.1, -0.05) is 12.1 Å².